The molecule has 0 aliphatic heterocycles. The minimum Gasteiger partial charge on any atom is -0.454 e. The van der Waals surface area contributed by atoms with Gasteiger partial charge in [0.25, 0.3) is 0 Å². The SMILES string of the molecule is Cc1cc(C(=O)COC(=O)c2ccc(S(=O)(=O)C(F)F)cc2)c(C)n1CCc1ccccc1. The first kappa shape index (κ1) is 24.3. The molecule has 0 unspecified atom stereocenters. The van der Waals surface area contributed by atoms with Crippen molar-refractivity contribution in [2.75, 3.05) is 6.61 Å². The van der Waals surface area contributed by atoms with Gasteiger partial charge in [-0.05, 0) is 56.2 Å². The molecule has 1 aromatic heterocycles. The molecule has 0 atom stereocenters. The maximum absolute atomic E-state index is 12.6. The van der Waals surface area contributed by atoms with Gasteiger partial charge < -0.3 is 9.30 Å². The Kier molecular flexibility index (Phi) is 7.43. The largest absolute Gasteiger partial charge is 0.454 e. The maximum Gasteiger partial charge on any atom is 0.341 e. The average molecular weight is 476 g/mol. The molecule has 0 spiro atoms. The van der Waals surface area contributed by atoms with Gasteiger partial charge in [0.05, 0.1) is 10.5 Å². The summed E-state index contributed by atoms with van der Waals surface area (Å²) in [6.45, 7) is 3.92. The van der Waals surface area contributed by atoms with Crippen LogP contribution in [0, 0.1) is 13.8 Å². The van der Waals surface area contributed by atoms with Gasteiger partial charge in [-0.1, -0.05) is 30.3 Å². The highest BCUT2D eigenvalue weighted by molar-refractivity contribution is 7.91. The average Bonchev–Trinajstić information content (AvgIpc) is 3.09. The van der Waals surface area contributed by atoms with Crippen LogP contribution in [-0.2, 0) is 27.5 Å². The zero-order valence-electron chi connectivity index (χ0n) is 18.1. The molecular formula is C24H23F2NO5S. The van der Waals surface area contributed by atoms with Crippen molar-refractivity contribution in [3.8, 4) is 0 Å². The molecule has 0 N–H and O–H groups in total. The second kappa shape index (κ2) is 10.1. The van der Waals surface area contributed by atoms with Crippen LogP contribution in [0.4, 0.5) is 8.78 Å². The van der Waals surface area contributed by atoms with E-state index in [1.54, 1.807) is 6.07 Å². The molecule has 9 heteroatoms. The highest BCUT2D eigenvalue weighted by atomic mass is 32.2. The van der Waals surface area contributed by atoms with E-state index in [-0.39, 0.29) is 11.3 Å². The van der Waals surface area contributed by atoms with Gasteiger partial charge in [-0.3, -0.25) is 4.79 Å². The Balaban J connectivity index is 1.63. The predicted octanol–water partition coefficient (Wildman–Crippen LogP) is 4.38. The molecule has 3 rings (SSSR count). The number of halogens is 2. The van der Waals surface area contributed by atoms with Crippen molar-refractivity contribution in [3.63, 3.8) is 0 Å². The summed E-state index contributed by atoms with van der Waals surface area (Å²) in [6, 6.07) is 15.7. The zero-order valence-corrected chi connectivity index (χ0v) is 18.9. The van der Waals surface area contributed by atoms with E-state index in [9.17, 15) is 26.8 Å². The van der Waals surface area contributed by atoms with E-state index in [4.69, 9.17) is 4.74 Å². The van der Waals surface area contributed by atoms with Crippen LogP contribution >= 0.6 is 0 Å². The highest BCUT2D eigenvalue weighted by Gasteiger charge is 2.26. The fraction of sp³-hybridized carbons (Fsp3) is 0.250. The van der Waals surface area contributed by atoms with Crippen LogP contribution in [0.25, 0.3) is 0 Å². The summed E-state index contributed by atoms with van der Waals surface area (Å²) in [6.07, 6.45) is 0.803. The number of nitrogens with zero attached hydrogens (tertiary/aromatic N) is 1. The second-order valence-electron chi connectivity index (χ2n) is 7.50. The number of Topliss-reactive ketones (excluding diaryl/α,β-unsaturated/α-hetero) is 1. The van der Waals surface area contributed by atoms with E-state index < -0.39 is 33.1 Å². The molecule has 0 saturated heterocycles. The number of aryl methyl sites for hydroxylation is 2. The Morgan fingerprint density at radius 2 is 1.64 bits per heavy atom. The van der Waals surface area contributed by atoms with Crippen LogP contribution in [0.15, 0.2) is 65.6 Å². The lowest BCUT2D eigenvalue weighted by Gasteiger charge is -2.10. The van der Waals surface area contributed by atoms with E-state index in [0.717, 1.165) is 42.1 Å². The Hall–Kier alpha value is -3.33. The van der Waals surface area contributed by atoms with E-state index >= 15 is 0 Å². The third-order valence-corrected chi connectivity index (χ3v) is 6.73. The van der Waals surface area contributed by atoms with Crippen LogP contribution in [0.2, 0.25) is 0 Å². The first-order chi connectivity index (χ1) is 15.6. The summed E-state index contributed by atoms with van der Waals surface area (Å²) in [5, 5.41) is 0. The fourth-order valence-corrected chi connectivity index (χ4v) is 4.21. The summed E-state index contributed by atoms with van der Waals surface area (Å²) < 4.78 is 55.2. The number of esters is 1. The van der Waals surface area contributed by atoms with Gasteiger partial charge in [0, 0.05) is 23.5 Å². The lowest BCUT2D eigenvalue weighted by atomic mass is 10.1. The Morgan fingerprint density at radius 3 is 2.24 bits per heavy atom. The topological polar surface area (TPSA) is 82.4 Å². The van der Waals surface area contributed by atoms with Gasteiger partial charge in [0.1, 0.15) is 0 Å². The standard InChI is InChI=1S/C24H23F2NO5S/c1-16-14-21(17(2)27(16)13-12-18-6-4-3-5-7-18)22(28)15-32-23(29)19-8-10-20(11-9-19)33(30,31)24(25)26/h3-11,14,24H,12-13,15H2,1-2H3. The lowest BCUT2D eigenvalue weighted by molar-refractivity contribution is 0.0474. The van der Waals surface area contributed by atoms with E-state index in [0.29, 0.717) is 12.1 Å². The van der Waals surface area contributed by atoms with Crippen LogP contribution in [-0.4, -0.2) is 37.1 Å². The van der Waals surface area contributed by atoms with E-state index in [1.807, 2.05) is 48.7 Å². The van der Waals surface area contributed by atoms with E-state index in [2.05, 4.69) is 0 Å². The first-order valence-corrected chi connectivity index (χ1v) is 11.7. The minimum atomic E-state index is -4.75. The third kappa shape index (κ3) is 5.54. The Morgan fingerprint density at radius 1 is 1.00 bits per heavy atom. The van der Waals surface area contributed by atoms with Crippen molar-refractivity contribution in [3.05, 3.63) is 88.7 Å². The summed E-state index contributed by atoms with van der Waals surface area (Å²) in [4.78, 5) is 24.3. The molecular weight excluding hydrogens is 452 g/mol. The summed E-state index contributed by atoms with van der Waals surface area (Å²) >= 11 is 0. The first-order valence-electron chi connectivity index (χ1n) is 10.1. The predicted molar refractivity (Wildman–Crippen MR) is 118 cm³/mol. The van der Waals surface area contributed by atoms with Gasteiger partial charge in [0.15, 0.2) is 6.61 Å². The van der Waals surface area contributed by atoms with E-state index in [1.165, 1.54) is 5.56 Å². The van der Waals surface area contributed by atoms with Crippen molar-refractivity contribution >= 4 is 21.6 Å². The Labute approximate surface area is 190 Å². The number of hydrogen-bond acceptors (Lipinski definition) is 5. The second-order valence-corrected chi connectivity index (χ2v) is 9.42. The summed E-state index contributed by atoms with van der Waals surface area (Å²) in [5.41, 5.74) is 3.26. The number of sulfone groups is 1. The fourth-order valence-electron chi connectivity index (χ4n) is 3.49. The van der Waals surface area contributed by atoms with Crippen LogP contribution in [0.3, 0.4) is 0 Å². The molecule has 0 amide bonds. The molecule has 3 aromatic rings. The number of ether oxygens (including phenoxy) is 1. The van der Waals surface area contributed by atoms with Crippen molar-refractivity contribution in [1.82, 2.24) is 4.57 Å². The number of benzene rings is 2. The molecule has 0 saturated carbocycles. The molecule has 0 aliphatic rings. The number of hydrogen-bond donors (Lipinski definition) is 0. The van der Waals surface area contributed by atoms with Gasteiger partial charge in [0.2, 0.25) is 15.6 Å². The highest BCUT2D eigenvalue weighted by Crippen LogP contribution is 2.20. The van der Waals surface area contributed by atoms with Crippen molar-refractivity contribution < 1.29 is 31.5 Å². The third-order valence-electron chi connectivity index (χ3n) is 5.33. The number of carbonyl (C=O) groups excluding carboxylic acids is 2. The number of rotatable bonds is 9. The van der Waals surface area contributed by atoms with Crippen molar-refractivity contribution in [2.24, 2.45) is 0 Å². The van der Waals surface area contributed by atoms with Crippen molar-refractivity contribution in [1.29, 1.82) is 0 Å². The molecule has 0 bridgehead atoms. The summed E-state index contributed by atoms with van der Waals surface area (Å²) in [7, 11) is -4.75. The van der Waals surface area contributed by atoms with Crippen LogP contribution in [0.1, 0.15) is 37.7 Å². The number of alkyl halides is 2. The normalized spacial score (nSPS) is 11.5. The molecule has 6 nitrogen and oxygen atoms in total. The van der Waals surface area contributed by atoms with Crippen LogP contribution < -0.4 is 0 Å². The smallest absolute Gasteiger partial charge is 0.341 e. The summed E-state index contributed by atoms with van der Waals surface area (Å²) in [5.74, 6) is -4.79. The van der Waals surface area contributed by atoms with Gasteiger partial charge in [-0.2, -0.15) is 8.78 Å². The number of ketones is 1. The number of aromatic nitrogens is 1. The molecule has 174 valence electrons. The monoisotopic (exact) mass is 475 g/mol. The quantitative estimate of drug-likeness (QED) is 0.339. The molecule has 33 heavy (non-hydrogen) atoms. The number of carbonyl (C=O) groups is 2. The zero-order chi connectivity index (χ0) is 24.2. The molecule has 0 fully saturated rings. The van der Waals surface area contributed by atoms with Crippen LogP contribution in [0.5, 0.6) is 0 Å². The van der Waals surface area contributed by atoms with Gasteiger partial charge >= 0.3 is 11.7 Å². The lowest BCUT2D eigenvalue weighted by Crippen LogP contribution is -2.16. The van der Waals surface area contributed by atoms with Crippen molar-refractivity contribution in [2.45, 2.75) is 37.5 Å². The van der Waals surface area contributed by atoms with Gasteiger partial charge in [-0.25, -0.2) is 13.2 Å². The molecule has 0 aliphatic carbocycles. The van der Waals surface area contributed by atoms with Gasteiger partial charge in [-0.15, -0.1) is 0 Å². The molecule has 0 radical (unpaired) electrons. The maximum atomic E-state index is 12.6. The molecule has 2 aromatic carbocycles. The Bertz CT molecular complexity index is 1250. The minimum absolute atomic E-state index is 0.0515. The molecule has 1 heterocycles.